The van der Waals surface area contributed by atoms with E-state index in [4.69, 9.17) is 4.74 Å². The summed E-state index contributed by atoms with van der Waals surface area (Å²) in [7, 11) is 0. The van der Waals surface area contributed by atoms with Crippen molar-refractivity contribution in [2.75, 3.05) is 0 Å². The number of carbonyl (C=O) groups excluding carboxylic acids is 1. The molecule has 1 aliphatic rings. The van der Waals surface area contributed by atoms with Gasteiger partial charge in [-0.05, 0) is 39.0 Å². The average Bonchev–Trinajstić information content (AvgIpc) is 2.10. The molecular weight excluding hydrogens is 188 g/mol. The van der Waals surface area contributed by atoms with Gasteiger partial charge < -0.3 is 4.74 Å². The second-order valence-electron chi connectivity index (χ2n) is 5.70. The number of Topliss-reactive ketones (excluding diaryl/α,β-unsaturated/α-hetero) is 1. The summed E-state index contributed by atoms with van der Waals surface area (Å²) in [4.78, 5) is 11.4. The average molecular weight is 212 g/mol. The first-order chi connectivity index (χ1) is 6.75. The molecule has 4 unspecified atom stereocenters. The van der Waals surface area contributed by atoms with Crippen molar-refractivity contribution in [1.29, 1.82) is 0 Å². The van der Waals surface area contributed by atoms with Crippen molar-refractivity contribution in [2.45, 2.75) is 59.7 Å². The van der Waals surface area contributed by atoms with E-state index in [9.17, 15) is 4.79 Å². The molecule has 1 rings (SSSR count). The van der Waals surface area contributed by atoms with Gasteiger partial charge in [-0.3, -0.25) is 4.79 Å². The Morgan fingerprint density at radius 1 is 1.40 bits per heavy atom. The van der Waals surface area contributed by atoms with Crippen LogP contribution in [0, 0.1) is 17.8 Å². The molecule has 1 fully saturated rings. The Balaban J connectivity index is 2.78. The molecule has 2 nitrogen and oxygen atoms in total. The fraction of sp³-hybridized carbons (Fsp3) is 0.923. The lowest BCUT2D eigenvalue weighted by molar-refractivity contribution is -0.179. The van der Waals surface area contributed by atoms with E-state index in [0.717, 1.165) is 6.42 Å². The molecule has 88 valence electrons. The second-order valence-corrected chi connectivity index (χ2v) is 5.70. The number of rotatable bonds is 2. The van der Waals surface area contributed by atoms with Crippen LogP contribution in [0.25, 0.3) is 0 Å². The summed E-state index contributed by atoms with van der Waals surface area (Å²) in [5, 5.41) is 0. The zero-order chi connectivity index (χ0) is 11.8. The smallest absolute Gasteiger partial charge is 0.135 e. The zero-order valence-electron chi connectivity index (χ0n) is 10.8. The molecule has 2 heteroatoms. The van der Waals surface area contributed by atoms with Crippen LogP contribution < -0.4 is 0 Å². The molecule has 0 bridgehead atoms. The quantitative estimate of drug-likeness (QED) is 0.703. The lowest BCUT2D eigenvalue weighted by Gasteiger charge is -2.46. The number of hydrogen-bond acceptors (Lipinski definition) is 2. The molecular formula is C13H24O2. The lowest BCUT2D eigenvalue weighted by Crippen LogP contribution is -2.49. The normalized spacial score (nSPS) is 37.3. The minimum absolute atomic E-state index is 0.0202. The fourth-order valence-corrected chi connectivity index (χ4v) is 2.38. The monoisotopic (exact) mass is 212 g/mol. The van der Waals surface area contributed by atoms with E-state index in [1.54, 1.807) is 6.92 Å². The summed E-state index contributed by atoms with van der Waals surface area (Å²) in [6, 6.07) is 0. The van der Waals surface area contributed by atoms with E-state index in [2.05, 4.69) is 27.7 Å². The topological polar surface area (TPSA) is 26.3 Å². The van der Waals surface area contributed by atoms with Gasteiger partial charge in [0.15, 0.2) is 0 Å². The molecule has 15 heavy (non-hydrogen) atoms. The van der Waals surface area contributed by atoms with E-state index in [-0.39, 0.29) is 23.4 Å². The Bertz CT molecular complexity index is 245. The minimum atomic E-state index is -0.0963. The van der Waals surface area contributed by atoms with E-state index < -0.39 is 0 Å². The van der Waals surface area contributed by atoms with Gasteiger partial charge in [0.2, 0.25) is 0 Å². The Hall–Kier alpha value is -0.370. The van der Waals surface area contributed by atoms with Crippen molar-refractivity contribution < 1.29 is 9.53 Å². The third-order valence-corrected chi connectivity index (χ3v) is 4.05. The van der Waals surface area contributed by atoms with E-state index >= 15 is 0 Å². The molecule has 0 radical (unpaired) electrons. The molecule has 0 spiro atoms. The van der Waals surface area contributed by atoms with E-state index in [1.165, 1.54) is 0 Å². The summed E-state index contributed by atoms with van der Waals surface area (Å²) in [5.74, 6) is 1.29. The lowest BCUT2D eigenvalue weighted by atomic mass is 9.76. The summed E-state index contributed by atoms with van der Waals surface area (Å²) in [6.07, 6.45) is 1.24. The van der Waals surface area contributed by atoms with Crippen LogP contribution in [-0.4, -0.2) is 17.5 Å². The van der Waals surface area contributed by atoms with E-state index in [1.807, 2.05) is 6.92 Å². The third-order valence-electron chi connectivity index (χ3n) is 4.05. The molecule has 0 N–H and O–H groups in total. The molecule has 0 aromatic heterocycles. The van der Waals surface area contributed by atoms with Crippen molar-refractivity contribution in [3.63, 3.8) is 0 Å². The Labute approximate surface area is 93.4 Å². The van der Waals surface area contributed by atoms with Gasteiger partial charge >= 0.3 is 0 Å². The molecule has 0 saturated carbocycles. The van der Waals surface area contributed by atoms with Gasteiger partial charge in [0.1, 0.15) is 5.78 Å². The Kier molecular flexibility index (Phi) is 3.59. The van der Waals surface area contributed by atoms with Crippen LogP contribution in [0.15, 0.2) is 0 Å². The summed E-state index contributed by atoms with van der Waals surface area (Å²) < 4.78 is 6.10. The van der Waals surface area contributed by atoms with Crippen molar-refractivity contribution in [2.24, 2.45) is 17.8 Å². The highest BCUT2D eigenvalue weighted by atomic mass is 16.5. The second kappa shape index (κ2) is 4.25. The first kappa shape index (κ1) is 12.7. The minimum Gasteiger partial charge on any atom is -0.371 e. The molecule has 0 aliphatic carbocycles. The zero-order valence-corrected chi connectivity index (χ0v) is 10.8. The third kappa shape index (κ3) is 2.60. The molecule has 4 atom stereocenters. The van der Waals surface area contributed by atoms with E-state index in [0.29, 0.717) is 11.8 Å². The van der Waals surface area contributed by atoms with Crippen molar-refractivity contribution in [3.8, 4) is 0 Å². The summed E-state index contributed by atoms with van der Waals surface area (Å²) >= 11 is 0. The predicted molar refractivity (Wildman–Crippen MR) is 61.7 cm³/mol. The van der Waals surface area contributed by atoms with Crippen LogP contribution in [0.2, 0.25) is 0 Å². The van der Waals surface area contributed by atoms with Crippen LogP contribution in [-0.2, 0) is 9.53 Å². The molecule has 0 aromatic carbocycles. The van der Waals surface area contributed by atoms with Crippen molar-refractivity contribution in [1.82, 2.24) is 0 Å². The summed E-state index contributed by atoms with van der Waals surface area (Å²) in [5.41, 5.74) is -0.0963. The van der Waals surface area contributed by atoms with Gasteiger partial charge in [0, 0.05) is 5.92 Å². The van der Waals surface area contributed by atoms with Gasteiger partial charge in [-0.1, -0.05) is 20.8 Å². The highest BCUT2D eigenvalue weighted by Crippen LogP contribution is 2.39. The first-order valence-corrected chi connectivity index (χ1v) is 5.94. The van der Waals surface area contributed by atoms with Crippen molar-refractivity contribution in [3.05, 3.63) is 0 Å². The van der Waals surface area contributed by atoms with Crippen LogP contribution in [0.5, 0.6) is 0 Å². The highest BCUT2D eigenvalue weighted by molar-refractivity contribution is 5.78. The fourth-order valence-electron chi connectivity index (χ4n) is 2.38. The maximum Gasteiger partial charge on any atom is 0.135 e. The maximum absolute atomic E-state index is 11.4. The van der Waals surface area contributed by atoms with Crippen LogP contribution in [0.4, 0.5) is 0 Å². The Morgan fingerprint density at radius 3 is 2.40 bits per heavy atom. The number of carbonyl (C=O) groups is 1. The van der Waals surface area contributed by atoms with Gasteiger partial charge in [-0.2, -0.15) is 0 Å². The largest absolute Gasteiger partial charge is 0.371 e. The summed E-state index contributed by atoms with van der Waals surface area (Å²) in [6.45, 7) is 12.3. The standard InChI is InChI=1S/C13H24O2/c1-8-7-9(2)13(5,6)15-12(8)10(3)11(4)14/h8-10,12H,7H2,1-6H3. The van der Waals surface area contributed by atoms with Gasteiger partial charge in [0.05, 0.1) is 11.7 Å². The first-order valence-electron chi connectivity index (χ1n) is 5.94. The van der Waals surface area contributed by atoms with Crippen molar-refractivity contribution >= 4 is 5.78 Å². The number of ether oxygens (including phenoxy) is 1. The molecule has 1 aliphatic heterocycles. The molecule has 1 heterocycles. The number of ketones is 1. The molecule has 0 aromatic rings. The van der Waals surface area contributed by atoms with Crippen LogP contribution in [0.3, 0.4) is 0 Å². The molecule has 1 saturated heterocycles. The predicted octanol–water partition coefficient (Wildman–Crippen LogP) is 3.05. The SMILES string of the molecule is CC(=O)C(C)C1OC(C)(C)C(C)CC1C. The highest BCUT2D eigenvalue weighted by Gasteiger charge is 2.41. The van der Waals surface area contributed by atoms with Crippen LogP contribution in [0.1, 0.15) is 48.0 Å². The maximum atomic E-state index is 11.4. The molecule has 0 amide bonds. The Morgan fingerprint density at radius 2 is 1.93 bits per heavy atom. The van der Waals surface area contributed by atoms with Gasteiger partial charge in [-0.15, -0.1) is 0 Å². The van der Waals surface area contributed by atoms with Gasteiger partial charge in [-0.25, -0.2) is 0 Å². The van der Waals surface area contributed by atoms with Gasteiger partial charge in [0.25, 0.3) is 0 Å². The number of hydrogen-bond donors (Lipinski definition) is 0. The van der Waals surface area contributed by atoms with Crippen LogP contribution >= 0.6 is 0 Å².